The van der Waals surface area contributed by atoms with Crippen molar-refractivity contribution in [3.8, 4) is 11.5 Å². The van der Waals surface area contributed by atoms with E-state index in [1.807, 2.05) is 23.1 Å². The van der Waals surface area contributed by atoms with Crippen molar-refractivity contribution in [1.82, 2.24) is 4.90 Å². The third-order valence-corrected chi connectivity index (χ3v) is 3.38. The summed E-state index contributed by atoms with van der Waals surface area (Å²) in [4.78, 5) is 13.9. The molecular weight excluding hydrogens is 244 g/mol. The first-order valence-corrected chi connectivity index (χ1v) is 6.38. The average molecular weight is 264 g/mol. The maximum Gasteiger partial charge on any atom is 0.227 e. The Morgan fingerprint density at radius 3 is 2.68 bits per heavy atom. The smallest absolute Gasteiger partial charge is 0.227 e. The van der Waals surface area contributed by atoms with Crippen LogP contribution in [-0.4, -0.2) is 44.2 Å². The first-order chi connectivity index (χ1) is 9.13. The summed E-state index contributed by atoms with van der Waals surface area (Å²) < 4.78 is 10.4. The highest BCUT2D eigenvalue weighted by molar-refractivity contribution is 5.79. The van der Waals surface area contributed by atoms with Gasteiger partial charge in [0.05, 0.1) is 20.6 Å². The molecule has 2 rings (SSSR count). The topological polar surface area (TPSA) is 64.8 Å². The summed E-state index contributed by atoms with van der Waals surface area (Å²) in [5.41, 5.74) is 6.73. The van der Waals surface area contributed by atoms with Gasteiger partial charge >= 0.3 is 0 Å². The molecule has 5 heteroatoms. The second-order valence-corrected chi connectivity index (χ2v) is 4.75. The predicted molar refractivity (Wildman–Crippen MR) is 72.4 cm³/mol. The van der Waals surface area contributed by atoms with Gasteiger partial charge in [0.25, 0.3) is 0 Å². The number of methoxy groups -OCH3 is 2. The average Bonchev–Trinajstić information content (AvgIpc) is 2.85. The molecule has 1 atom stereocenters. The van der Waals surface area contributed by atoms with Crippen LogP contribution >= 0.6 is 0 Å². The van der Waals surface area contributed by atoms with Crippen LogP contribution in [0.15, 0.2) is 18.2 Å². The molecule has 0 radical (unpaired) electrons. The number of carbonyl (C=O) groups excluding carboxylic acids is 1. The number of benzene rings is 1. The van der Waals surface area contributed by atoms with Crippen LogP contribution in [0.5, 0.6) is 11.5 Å². The zero-order valence-electron chi connectivity index (χ0n) is 11.4. The van der Waals surface area contributed by atoms with Crippen molar-refractivity contribution in [2.75, 3.05) is 27.3 Å². The molecule has 1 aliphatic rings. The molecule has 1 heterocycles. The molecule has 5 nitrogen and oxygen atoms in total. The summed E-state index contributed by atoms with van der Waals surface area (Å²) in [6.07, 6.45) is 1.25. The number of amides is 1. The third kappa shape index (κ3) is 3.17. The van der Waals surface area contributed by atoms with Gasteiger partial charge in [-0.1, -0.05) is 6.07 Å². The molecule has 19 heavy (non-hydrogen) atoms. The molecular formula is C14H20N2O3. The van der Waals surface area contributed by atoms with Crippen molar-refractivity contribution in [2.45, 2.75) is 18.9 Å². The van der Waals surface area contributed by atoms with E-state index in [0.29, 0.717) is 24.5 Å². The summed E-state index contributed by atoms with van der Waals surface area (Å²) >= 11 is 0. The van der Waals surface area contributed by atoms with Crippen LogP contribution in [-0.2, 0) is 11.2 Å². The van der Waals surface area contributed by atoms with Gasteiger partial charge in [-0.2, -0.15) is 0 Å². The number of rotatable bonds is 4. The van der Waals surface area contributed by atoms with Crippen molar-refractivity contribution < 1.29 is 14.3 Å². The number of carbonyl (C=O) groups is 1. The Bertz CT molecular complexity index is 462. The maximum absolute atomic E-state index is 12.1. The Kier molecular flexibility index (Phi) is 4.27. The third-order valence-electron chi connectivity index (χ3n) is 3.38. The van der Waals surface area contributed by atoms with E-state index in [9.17, 15) is 4.79 Å². The lowest BCUT2D eigenvalue weighted by Crippen LogP contribution is -2.32. The van der Waals surface area contributed by atoms with E-state index in [2.05, 4.69) is 0 Å². The monoisotopic (exact) mass is 264 g/mol. The van der Waals surface area contributed by atoms with Crippen LogP contribution in [0.25, 0.3) is 0 Å². The van der Waals surface area contributed by atoms with E-state index in [0.717, 1.165) is 18.5 Å². The fourth-order valence-corrected chi connectivity index (χ4v) is 2.29. The molecule has 1 aliphatic heterocycles. The molecule has 1 aromatic carbocycles. The largest absolute Gasteiger partial charge is 0.493 e. The molecule has 2 N–H and O–H groups in total. The molecule has 0 unspecified atom stereocenters. The van der Waals surface area contributed by atoms with Crippen LogP contribution in [0.2, 0.25) is 0 Å². The molecule has 104 valence electrons. The van der Waals surface area contributed by atoms with Gasteiger partial charge in [-0.3, -0.25) is 4.79 Å². The number of nitrogens with two attached hydrogens (primary N) is 1. The Morgan fingerprint density at radius 2 is 2.11 bits per heavy atom. The van der Waals surface area contributed by atoms with Crippen molar-refractivity contribution in [1.29, 1.82) is 0 Å². The Balaban J connectivity index is 2.04. The van der Waals surface area contributed by atoms with Crippen molar-refractivity contribution in [2.24, 2.45) is 5.73 Å². The Hall–Kier alpha value is -1.75. The van der Waals surface area contributed by atoms with Crippen LogP contribution in [0.3, 0.4) is 0 Å². The van der Waals surface area contributed by atoms with E-state index < -0.39 is 0 Å². The molecule has 1 aromatic rings. The maximum atomic E-state index is 12.1. The number of ether oxygens (including phenoxy) is 2. The highest BCUT2D eigenvalue weighted by Crippen LogP contribution is 2.28. The summed E-state index contributed by atoms with van der Waals surface area (Å²) in [5.74, 6) is 1.42. The normalized spacial score (nSPS) is 18.5. The van der Waals surface area contributed by atoms with Crippen molar-refractivity contribution in [3.63, 3.8) is 0 Å². The summed E-state index contributed by atoms with van der Waals surface area (Å²) in [6.45, 7) is 1.42. The van der Waals surface area contributed by atoms with Crippen LogP contribution < -0.4 is 15.2 Å². The van der Waals surface area contributed by atoms with E-state index >= 15 is 0 Å². The minimum Gasteiger partial charge on any atom is -0.493 e. The number of hydrogen-bond donors (Lipinski definition) is 1. The number of nitrogens with zero attached hydrogens (tertiary/aromatic N) is 1. The van der Waals surface area contributed by atoms with E-state index in [-0.39, 0.29) is 11.9 Å². The van der Waals surface area contributed by atoms with Crippen molar-refractivity contribution >= 4 is 5.91 Å². The fourth-order valence-electron chi connectivity index (χ4n) is 2.29. The second kappa shape index (κ2) is 5.93. The molecule has 1 fully saturated rings. The molecule has 0 saturated carbocycles. The SMILES string of the molecule is COc1ccc(CC(=O)N2CC[C@@H](N)C2)cc1OC. The quantitative estimate of drug-likeness (QED) is 0.874. The fraction of sp³-hybridized carbons (Fsp3) is 0.500. The van der Waals surface area contributed by atoms with Crippen LogP contribution in [0.1, 0.15) is 12.0 Å². The lowest BCUT2D eigenvalue weighted by Gasteiger charge is -2.16. The zero-order chi connectivity index (χ0) is 13.8. The first kappa shape index (κ1) is 13.7. The molecule has 0 aliphatic carbocycles. The molecule has 0 bridgehead atoms. The molecule has 0 aromatic heterocycles. The minimum atomic E-state index is 0.111. The number of likely N-dealkylation sites (tertiary alicyclic amines) is 1. The lowest BCUT2D eigenvalue weighted by atomic mass is 10.1. The van der Waals surface area contributed by atoms with Gasteiger partial charge in [-0.05, 0) is 24.1 Å². The van der Waals surface area contributed by atoms with Gasteiger partial charge in [-0.15, -0.1) is 0 Å². The first-order valence-electron chi connectivity index (χ1n) is 6.38. The van der Waals surface area contributed by atoms with Gasteiger partial charge in [-0.25, -0.2) is 0 Å². The lowest BCUT2D eigenvalue weighted by molar-refractivity contribution is -0.129. The minimum absolute atomic E-state index is 0.111. The summed E-state index contributed by atoms with van der Waals surface area (Å²) in [6, 6.07) is 5.66. The Labute approximate surface area is 113 Å². The Morgan fingerprint density at radius 1 is 1.37 bits per heavy atom. The van der Waals surface area contributed by atoms with Gasteiger partial charge in [0, 0.05) is 19.1 Å². The van der Waals surface area contributed by atoms with E-state index in [4.69, 9.17) is 15.2 Å². The zero-order valence-corrected chi connectivity index (χ0v) is 11.4. The van der Waals surface area contributed by atoms with E-state index in [1.54, 1.807) is 14.2 Å². The van der Waals surface area contributed by atoms with Gasteiger partial charge in [0.15, 0.2) is 11.5 Å². The second-order valence-electron chi connectivity index (χ2n) is 4.75. The van der Waals surface area contributed by atoms with Crippen LogP contribution in [0.4, 0.5) is 0 Å². The van der Waals surface area contributed by atoms with E-state index in [1.165, 1.54) is 0 Å². The van der Waals surface area contributed by atoms with Gasteiger partial charge in [0.2, 0.25) is 5.91 Å². The molecule has 1 saturated heterocycles. The predicted octanol–water partition coefficient (Wildman–Crippen LogP) is 0.806. The van der Waals surface area contributed by atoms with Gasteiger partial charge in [0.1, 0.15) is 0 Å². The van der Waals surface area contributed by atoms with Crippen molar-refractivity contribution in [3.05, 3.63) is 23.8 Å². The van der Waals surface area contributed by atoms with Gasteiger partial charge < -0.3 is 20.1 Å². The number of hydrogen-bond acceptors (Lipinski definition) is 4. The highest BCUT2D eigenvalue weighted by atomic mass is 16.5. The standard InChI is InChI=1S/C14H20N2O3/c1-18-12-4-3-10(7-13(12)19-2)8-14(17)16-6-5-11(15)9-16/h3-4,7,11H,5-6,8-9,15H2,1-2H3/t11-/m1/s1. The molecule has 1 amide bonds. The van der Waals surface area contributed by atoms with Crippen LogP contribution in [0, 0.1) is 0 Å². The molecule has 0 spiro atoms. The summed E-state index contributed by atoms with van der Waals surface area (Å²) in [7, 11) is 3.18. The summed E-state index contributed by atoms with van der Waals surface area (Å²) in [5, 5.41) is 0. The highest BCUT2D eigenvalue weighted by Gasteiger charge is 2.23.